The maximum absolute atomic E-state index is 14.2. The molecule has 1 atom stereocenters. The summed E-state index contributed by atoms with van der Waals surface area (Å²) in [5, 5.41) is 21.3. The number of carbonyl (C=O) groups is 1. The van der Waals surface area contributed by atoms with Gasteiger partial charge in [0.2, 0.25) is 0 Å². The number of halogens is 1. The average Bonchev–Trinajstić information content (AvgIpc) is 2.61. The summed E-state index contributed by atoms with van der Waals surface area (Å²) in [6.45, 7) is 6.10. The molecule has 0 aliphatic carbocycles. The Labute approximate surface area is 159 Å². The topological polar surface area (TPSA) is 91.3 Å². The predicted octanol–water partition coefficient (Wildman–Crippen LogP) is 2.37. The lowest BCUT2D eigenvalue weighted by atomic mass is 10.1. The third-order valence-electron chi connectivity index (χ3n) is 4.08. The molecule has 1 aromatic carbocycles. The van der Waals surface area contributed by atoms with Crippen LogP contribution in [0.2, 0.25) is 0 Å². The van der Waals surface area contributed by atoms with Crippen LogP contribution < -0.4 is 10.1 Å². The Kier molecular flexibility index (Phi) is 7.26. The summed E-state index contributed by atoms with van der Waals surface area (Å²) in [6.07, 6.45) is -0.410. The first kappa shape index (κ1) is 21.2. The van der Waals surface area contributed by atoms with Crippen LogP contribution in [0.1, 0.15) is 33.6 Å². The number of hydrogen-bond donors (Lipinski definition) is 3. The fourth-order valence-corrected chi connectivity index (χ4v) is 2.71. The van der Waals surface area contributed by atoms with E-state index in [4.69, 9.17) is 14.6 Å². The molecule has 1 saturated heterocycles. The Bertz CT molecular complexity index is 627. The number of anilines is 1. The quantitative estimate of drug-likeness (QED) is 0.698. The lowest BCUT2D eigenvalue weighted by Gasteiger charge is -2.33. The van der Waals surface area contributed by atoms with Gasteiger partial charge in [-0.15, -0.1) is 0 Å². The van der Waals surface area contributed by atoms with Crippen molar-refractivity contribution in [3.63, 3.8) is 0 Å². The molecule has 0 radical (unpaired) electrons. The second-order valence-electron chi connectivity index (χ2n) is 7.62. The highest BCUT2D eigenvalue weighted by molar-refractivity contribution is 5.68. The third kappa shape index (κ3) is 6.55. The summed E-state index contributed by atoms with van der Waals surface area (Å²) in [4.78, 5) is 13.7. The molecule has 1 heterocycles. The van der Waals surface area contributed by atoms with Gasteiger partial charge in [-0.2, -0.15) is 0 Å². The zero-order valence-electron chi connectivity index (χ0n) is 16.1. The van der Waals surface area contributed by atoms with E-state index in [0.29, 0.717) is 31.6 Å². The lowest BCUT2D eigenvalue weighted by molar-refractivity contribution is 0.0124. The summed E-state index contributed by atoms with van der Waals surface area (Å²) < 4.78 is 25.5. The monoisotopic (exact) mass is 384 g/mol. The van der Waals surface area contributed by atoms with Gasteiger partial charge in [-0.05, 0) is 32.9 Å². The highest BCUT2D eigenvalue weighted by Gasteiger charge is 2.28. The molecule has 2 rings (SSSR count). The first-order valence-corrected chi connectivity index (χ1v) is 9.15. The Hall–Kier alpha value is -2.06. The van der Waals surface area contributed by atoms with Gasteiger partial charge in [-0.1, -0.05) is 6.07 Å². The van der Waals surface area contributed by atoms with E-state index in [-0.39, 0.29) is 31.1 Å². The SMILES string of the molecule is CC(C)(C)OC(=O)N1CCC(Oc2c(F)cccc2NCC(O)CO)CC1. The molecule has 1 aliphatic heterocycles. The van der Waals surface area contributed by atoms with Crippen LogP contribution in [0.15, 0.2) is 18.2 Å². The van der Waals surface area contributed by atoms with E-state index in [1.807, 2.05) is 20.8 Å². The molecule has 1 fully saturated rings. The van der Waals surface area contributed by atoms with E-state index in [2.05, 4.69) is 5.32 Å². The number of para-hydroxylation sites is 1. The van der Waals surface area contributed by atoms with Gasteiger partial charge in [0, 0.05) is 32.5 Å². The van der Waals surface area contributed by atoms with E-state index < -0.39 is 17.5 Å². The fraction of sp³-hybridized carbons (Fsp3) is 0.632. The van der Waals surface area contributed by atoms with Crippen molar-refractivity contribution < 1.29 is 28.9 Å². The van der Waals surface area contributed by atoms with Gasteiger partial charge in [0.05, 0.1) is 18.4 Å². The Morgan fingerprint density at radius 3 is 2.63 bits per heavy atom. The molecule has 0 aromatic heterocycles. The van der Waals surface area contributed by atoms with Gasteiger partial charge in [0.15, 0.2) is 11.6 Å². The molecule has 0 spiro atoms. The van der Waals surface area contributed by atoms with E-state index in [0.717, 1.165) is 0 Å². The van der Waals surface area contributed by atoms with Crippen LogP contribution in [-0.2, 0) is 4.74 Å². The molecule has 7 nitrogen and oxygen atoms in total. The number of carbonyl (C=O) groups excluding carboxylic acids is 1. The van der Waals surface area contributed by atoms with Crippen molar-refractivity contribution in [2.45, 2.75) is 51.4 Å². The molecular weight excluding hydrogens is 355 g/mol. The number of benzene rings is 1. The molecule has 1 unspecified atom stereocenters. The highest BCUT2D eigenvalue weighted by atomic mass is 19.1. The number of rotatable bonds is 6. The van der Waals surface area contributed by atoms with Crippen molar-refractivity contribution in [2.24, 2.45) is 0 Å². The van der Waals surface area contributed by atoms with Gasteiger partial charge in [0.25, 0.3) is 0 Å². The van der Waals surface area contributed by atoms with Gasteiger partial charge in [0.1, 0.15) is 11.7 Å². The van der Waals surface area contributed by atoms with Crippen molar-refractivity contribution in [3.05, 3.63) is 24.0 Å². The van der Waals surface area contributed by atoms with E-state index in [9.17, 15) is 14.3 Å². The first-order valence-electron chi connectivity index (χ1n) is 9.15. The van der Waals surface area contributed by atoms with Crippen LogP contribution in [0.3, 0.4) is 0 Å². The van der Waals surface area contributed by atoms with Crippen molar-refractivity contribution in [3.8, 4) is 5.75 Å². The second-order valence-corrected chi connectivity index (χ2v) is 7.62. The number of aliphatic hydroxyl groups excluding tert-OH is 2. The first-order chi connectivity index (χ1) is 12.7. The molecule has 27 heavy (non-hydrogen) atoms. The number of hydrogen-bond acceptors (Lipinski definition) is 6. The van der Waals surface area contributed by atoms with Crippen LogP contribution in [0.5, 0.6) is 5.75 Å². The van der Waals surface area contributed by atoms with E-state index >= 15 is 0 Å². The number of likely N-dealkylation sites (tertiary alicyclic amines) is 1. The number of amides is 1. The molecule has 0 bridgehead atoms. The van der Waals surface area contributed by atoms with Crippen LogP contribution in [0.4, 0.5) is 14.9 Å². The van der Waals surface area contributed by atoms with Crippen LogP contribution in [0.25, 0.3) is 0 Å². The number of nitrogens with one attached hydrogen (secondary N) is 1. The van der Waals surface area contributed by atoms with Gasteiger partial charge >= 0.3 is 6.09 Å². The predicted molar refractivity (Wildman–Crippen MR) is 99.4 cm³/mol. The molecular formula is C19H29FN2O5. The number of aliphatic hydroxyl groups is 2. The van der Waals surface area contributed by atoms with Gasteiger partial charge in [-0.3, -0.25) is 0 Å². The molecule has 3 N–H and O–H groups in total. The number of nitrogens with zero attached hydrogens (tertiary/aromatic N) is 1. The summed E-state index contributed by atoms with van der Waals surface area (Å²) in [5.41, 5.74) is -0.130. The number of piperidine rings is 1. The van der Waals surface area contributed by atoms with Crippen molar-refractivity contribution in [1.29, 1.82) is 0 Å². The molecule has 1 aliphatic rings. The molecule has 1 aromatic rings. The van der Waals surface area contributed by atoms with Crippen molar-refractivity contribution in [1.82, 2.24) is 4.90 Å². The lowest BCUT2D eigenvalue weighted by Crippen LogP contribution is -2.44. The van der Waals surface area contributed by atoms with Crippen molar-refractivity contribution >= 4 is 11.8 Å². The largest absolute Gasteiger partial charge is 0.485 e. The average molecular weight is 384 g/mol. The summed E-state index contributed by atoms with van der Waals surface area (Å²) in [7, 11) is 0. The number of ether oxygens (including phenoxy) is 2. The van der Waals surface area contributed by atoms with Gasteiger partial charge < -0.3 is 29.9 Å². The van der Waals surface area contributed by atoms with E-state index in [1.54, 1.807) is 17.0 Å². The fourth-order valence-electron chi connectivity index (χ4n) is 2.71. The summed E-state index contributed by atoms with van der Waals surface area (Å²) >= 11 is 0. The van der Waals surface area contributed by atoms with Gasteiger partial charge in [-0.25, -0.2) is 9.18 Å². The maximum atomic E-state index is 14.2. The third-order valence-corrected chi connectivity index (χ3v) is 4.08. The summed E-state index contributed by atoms with van der Waals surface area (Å²) in [5.74, 6) is -0.425. The Morgan fingerprint density at radius 2 is 2.04 bits per heavy atom. The van der Waals surface area contributed by atoms with Crippen LogP contribution >= 0.6 is 0 Å². The molecule has 8 heteroatoms. The maximum Gasteiger partial charge on any atom is 0.410 e. The van der Waals surface area contributed by atoms with Crippen LogP contribution in [-0.4, -0.2) is 65.3 Å². The molecule has 152 valence electrons. The normalized spacial score (nSPS) is 16.7. The Morgan fingerprint density at radius 1 is 1.37 bits per heavy atom. The molecule has 1 amide bonds. The summed E-state index contributed by atoms with van der Waals surface area (Å²) in [6, 6.07) is 4.50. The molecule has 0 saturated carbocycles. The minimum atomic E-state index is -0.946. The van der Waals surface area contributed by atoms with Crippen molar-refractivity contribution in [2.75, 3.05) is 31.6 Å². The Balaban J connectivity index is 1.94. The standard InChI is InChI=1S/C19H29FN2O5/c1-19(2,3)27-18(25)22-9-7-14(8-10-22)26-17-15(20)5-4-6-16(17)21-11-13(24)12-23/h4-6,13-14,21,23-24H,7-12H2,1-3H3. The zero-order chi connectivity index (χ0) is 20.0. The minimum absolute atomic E-state index is 0.0768. The second kappa shape index (κ2) is 9.23. The van der Waals surface area contributed by atoms with E-state index in [1.165, 1.54) is 6.07 Å². The minimum Gasteiger partial charge on any atom is -0.485 e. The van der Waals surface area contributed by atoms with Crippen LogP contribution in [0, 0.1) is 5.82 Å². The zero-order valence-corrected chi connectivity index (χ0v) is 16.1. The highest BCUT2D eigenvalue weighted by Crippen LogP contribution is 2.30. The smallest absolute Gasteiger partial charge is 0.410 e.